The minimum Gasteiger partial charge on any atom is -0.385 e. The molecule has 18 nitrogen and oxygen atoms in total. The van der Waals surface area contributed by atoms with E-state index in [1.54, 1.807) is 48.5 Å². The molecular weight excluding hydrogens is 973 g/mol. The van der Waals surface area contributed by atoms with Crippen molar-refractivity contribution in [1.82, 2.24) is 0 Å². The van der Waals surface area contributed by atoms with E-state index in [1.165, 1.54) is 12.8 Å². The molecule has 75 heavy (non-hydrogen) atoms. The van der Waals surface area contributed by atoms with Crippen LogP contribution in [0.15, 0.2) is 0 Å². The van der Waals surface area contributed by atoms with Crippen molar-refractivity contribution in [2.45, 2.75) is 293 Å². The Balaban J connectivity index is -0.000000191. The molecule has 0 radical (unpaired) electrons. The molecule has 0 aliphatic rings. The van der Waals surface area contributed by atoms with E-state index in [0.29, 0.717) is 51.4 Å². The Hall–Kier alpha value is -4.20. The van der Waals surface area contributed by atoms with E-state index >= 15 is 0 Å². The number of Topliss-reactive ketones (excluding diaryl/α,β-unsaturated/α-hetero) is 12. The maximum atomic E-state index is 11.3. The topological polar surface area (TPSA) is 326 Å². The Morgan fingerprint density at radius 3 is 0.640 bits per heavy atom. The average Bonchev–Trinajstić information content (AvgIpc) is 3.43. The molecule has 0 aliphatic carbocycles. The van der Waals surface area contributed by atoms with E-state index in [-0.39, 0.29) is 32.1 Å². The smallest absolute Gasteiger partial charge is 0.226 e. The summed E-state index contributed by atoms with van der Waals surface area (Å²) in [6, 6.07) is 0. The molecule has 0 spiro atoms. The van der Waals surface area contributed by atoms with E-state index in [9.17, 15) is 57.5 Å². The highest BCUT2D eigenvalue weighted by Gasteiger charge is 2.24. The van der Waals surface area contributed by atoms with Crippen LogP contribution in [0.5, 0.6) is 0 Å². The van der Waals surface area contributed by atoms with Gasteiger partial charge in [-0.15, -0.1) is 0 Å². The molecule has 0 aromatic rings. The van der Waals surface area contributed by atoms with Gasteiger partial charge in [-0.3, -0.25) is 57.5 Å². The quantitative estimate of drug-likeness (QED) is 0.0254. The third-order valence-corrected chi connectivity index (χ3v) is 11.1. The van der Waals surface area contributed by atoms with Gasteiger partial charge in [0.2, 0.25) is 69.4 Å². The van der Waals surface area contributed by atoms with E-state index in [4.69, 9.17) is 30.6 Å². The monoisotopic (exact) mass is 1070 g/mol. The molecule has 0 rings (SSSR count). The van der Waals surface area contributed by atoms with Crippen LogP contribution in [-0.4, -0.2) is 137 Å². The predicted octanol–water partition coefficient (Wildman–Crippen LogP) is 7.68. The number of aliphatic hydroxyl groups excluding tert-OH is 6. The molecule has 6 atom stereocenters. The lowest BCUT2D eigenvalue weighted by atomic mass is 10.0. The van der Waals surface area contributed by atoms with Crippen LogP contribution in [0.3, 0.4) is 0 Å². The zero-order valence-corrected chi connectivity index (χ0v) is 48.1. The summed E-state index contributed by atoms with van der Waals surface area (Å²) in [5.74, 6) is -6.46. The summed E-state index contributed by atoms with van der Waals surface area (Å²) in [7, 11) is 0. The normalized spacial score (nSPS) is 12.6. The molecule has 6 N–H and O–H groups in total. The van der Waals surface area contributed by atoms with Gasteiger partial charge in [0, 0.05) is 38.5 Å². The van der Waals surface area contributed by atoms with Gasteiger partial charge in [-0.25, -0.2) is 0 Å². The maximum absolute atomic E-state index is 11.3. The third kappa shape index (κ3) is 46.8. The fourth-order valence-corrected chi connectivity index (χ4v) is 5.72. The van der Waals surface area contributed by atoms with Gasteiger partial charge in [0.25, 0.3) is 0 Å². The lowest BCUT2D eigenvalue weighted by Gasteiger charge is -2.05. The first kappa shape index (κ1) is 82.1. The number of hydrogen-bond donors (Lipinski definition) is 6. The van der Waals surface area contributed by atoms with E-state index < -0.39 is 106 Å². The summed E-state index contributed by atoms with van der Waals surface area (Å²) in [5.41, 5.74) is 0. The lowest BCUT2D eigenvalue weighted by molar-refractivity contribution is -0.141. The van der Waals surface area contributed by atoms with Gasteiger partial charge in [-0.05, 0) is 70.6 Å². The molecule has 438 valence electrons. The fourth-order valence-electron chi connectivity index (χ4n) is 5.72. The van der Waals surface area contributed by atoms with Gasteiger partial charge in [0.1, 0.15) is 36.6 Å². The first-order valence-electron chi connectivity index (χ1n) is 27.8. The summed E-state index contributed by atoms with van der Waals surface area (Å²) in [6.07, 6.45) is 11.1. The molecule has 0 aliphatic heterocycles. The summed E-state index contributed by atoms with van der Waals surface area (Å²) >= 11 is 0. The largest absolute Gasteiger partial charge is 0.385 e. The zero-order valence-electron chi connectivity index (χ0n) is 48.1. The Morgan fingerprint density at radius 1 is 0.227 bits per heavy atom. The van der Waals surface area contributed by atoms with Crippen molar-refractivity contribution in [3.8, 4) is 0 Å². The highest BCUT2D eigenvalue weighted by molar-refractivity contribution is 6.40. The van der Waals surface area contributed by atoms with E-state index in [1.807, 2.05) is 20.8 Å². The molecule has 0 aromatic heterocycles. The molecule has 0 aromatic carbocycles. The molecule has 0 amide bonds. The van der Waals surface area contributed by atoms with Crippen LogP contribution in [0.25, 0.3) is 0 Å². The van der Waals surface area contributed by atoms with Crippen molar-refractivity contribution in [3.63, 3.8) is 0 Å². The molecule has 0 saturated carbocycles. The molecule has 0 fully saturated rings. The first-order chi connectivity index (χ1) is 35.3. The molecule has 0 heterocycles. The number of carbonyl (C=O) groups is 12. The number of ketones is 12. The summed E-state index contributed by atoms with van der Waals surface area (Å²) in [4.78, 5) is 132. The van der Waals surface area contributed by atoms with E-state index in [0.717, 1.165) is 77.0 Å². The van der Waals surface area contributed by atoms with Crippen LogP contribution >= 0.6 is 0 Å². The maximum Gasteiger partial charge on any atom is 0.226 e. The molecule has 6 unspecified atom stereocenters. The average molecular weight is 1080 g/mol. The minimum absolute atomic E-state index is 0.176. The molecule has 0 saturated heterocycles. The highest BCUT2D eigenvalue weighted by atomic mass is 16.3. The second-order valence-electron chi connectivity index (χ2n) is 17.9. The Morgan fingerprint density at radius 2 is 0.413 bits per heavy atom. The molecule has 18 heteroatoms. The van der Waals surface area contributed by atoms with Gasteiger partial charge >= 0.3 is 0 Å². The second-order valence-corrected chi connectivity index (χ2v) is 17.9. The summed E-state index contributed by atoms with van der Waals surface area (Å²) < 4.78 is 0. The van der Waals surface area contributed by atoms with Crippen LogP contribution in [0.1, 0.15) is 256 Å². The number of unbranched alkanes of at least 4 members (excludes halogenated alkanes) is 10. The van der Waals surface area contributed by atoms with Crippen LogP contribution < -0.4 is 0 Å². The Kier molecular flexibility index (Phi) is 61.4. The SMILES string of the molecule is CCC(=O)C(=O)C(O)CC.CCCC(=O)C(=O)C(O)CC.CCCCC(=O)C(=O)C(O)CC.CCCCCC(=O)C(=O)C(O)CC.CCCCCCC(=O)C(=O)C(O)CC.CCCCCCCC(=O)C(=O)C(O)CC. The number of rotatable bonds is 39. The summed E-state index contributed by atoms with van der Waals surface area (Å²) in [6.45, 7) is 21.7. The highest BCUT2D eigenvalue weighted by Crippen LogP contribution is 2.08. The van der Waals surface area contributed by atoms with Crippen LogP contribution in [0.2, 0.25) is 0 Å². The van der Waals surface area contributed by atoms with Crippen LogP contribution in [0.4, 0.5) is 0 Å². The minimum atomic E-state index is -1.09. The lowest BCUT2D eigenvalue weighted by Crippen LogP contribution is -2.27. The Labute approximate surface area is 449 Å². The van der Waals surface area contributed by atoms with Crippen molar-refractivity contribution in [3.05, 3.63) is 0 Å². The van der Waals surface area contributed by atoms with Gasteiger partial charge in [-0.1, -0.05) is 147 Å². The van der Waals surface area contributed by atoms with Gasteiger partial charge < -0.3 is 30.6 Å². The fraction of sp³-hybridized carbons (Fsp3) is 0.789. The zero-order chi connectivity index (χ0) is 59.5. The van der Waals surface area contributed by atoms with Crippen molar-refractivity contribution in [2.75, 3.05) is 0 Å². The molecule has 0 bridgehead atoms. The molecular formula is C57H102O18. The van der Waals surface area contributed by atoms with Crippen LogP contribution in [0, 0.1) is 0 Å². The summed E-state index contributed by atoms with van der Waals surface area (Å²) in [5, 5.41) is 54.2. The predicted molar refractivity (Wildman–Crippen MR) is 289 cm³/mol. The van der Waals surface area contributed by atoms with Gasteiger partial charge in [-0.2, -0.15) is 0 Å². The standard InChI is InChI=1S/C12H22O3.C11H20O3.C10H18O3.C9H16O3.C8H14O3.C7H12O3/c1-3-5-6-7-8-9-11(14)12(15)10(13)4-2;1-3-5-6-7-8-10(13)11(14)9(12)4-2;1-3-5-6-7-9(12)10(13)8(11)4-2;1-3-5-6-8(11)9(12)7(10)4-2;1-3-5-7(10)8(11)6(9)4-2;1-3-5(8)7(10)6(9)4-2/h10,13H,3-9H2,1-2H3;9,12H,3-8H2,1-2H3;8,11H,3-7H2,1-2H3;7,10H,3-6H2,1-2H3;6,9H,3-5H2,1-2H3;5,8H,3-4H2,1-2H3. The van der Waals surface area contributed by atoms with E-state index in [2.05, 4.69) is 13.8 Å². The number of aliphatic hydroxyl groups is 6. The second kappa shape index (κ2) is 56.0. The van der Waals surface area contributed by atoms with Gasteiger partial charge in [0.15, 0.2) is 0 Å². The first-order valence-corrected chi connectivity index (χ1v) is 27.8. The van der Waals surface area contributed by atoms with Gasteiger partial charge in [0.05, 0.1) is 0 Å². The van der Waals surface area contributed by atoms with Crippen molar-refractivity contribution < 1.29 is 88.2 Å². The number of hydrogen-bond acceptors (Lipinski definition) is 18. The number of carbonyl (C=O) groups excluding carboxylic acids is 12. The van der Waals surface area contributed by atoms with Crippen molar-refractivity contribution in [2.24, 2.45) is 0 Å². The van der Waals surface area contributed by atoms with Crippen molar-refractivity contribution >= 4 is 69.4 Å². The van der Waals surface area contributed by atoms with Crippen molar-refractivity contribution in [1.29, 1.82) is 0 Å². The van der Waals surface area contributed by atoms with Crippen LogP contribution in [-0.2, 0) is 57.5 Å². The Bertz CT molecular complexity index is 1620. The third-order valence-electron chi connectivity index (χ3n) is 11.1.